The van der Waals surface area contributed by atoms with Gasteiger partial charge in [0.1, 0.15) is 0 Å². The fourth-order valence-corrected chi connectivity index (χ4v) is 5.03. The summed E-state index contributed by atoms with van der Waals surface area (Å²) in [5.74, 6) is 0.451. The van der Waals surface area contributed by atoms with Crippen molar-refractivity contribution in [1.82, 2.24) is 14.9 Å². The van der Waals surface area contributed by atoms with Crippen LogP contribution in [0.25, 0.3) is 0 Å². The summed E-state index contributed by atoms with van der Waals surface area (Å²) in [7, 11) is -1.27. The average Bonchev–Trinajstić information content (AvgIpc) is 2.94. The molecule has 0 aliphatic carbocycles. The molecule has 0 saturated carbocycles. The molecule has 1 aromatic rings. The van der Waals surface area contributed by atoms with Gasteiger partial charge in [-0.1, -0.05) is 6.92 Å². The number of likely N-dealkylation sites (tertiary alicyclic amines) is 1. The van der Waals surface area contributed by atoms with Gasteiger partial charge >= 0.3 is 0 Å². The minimum Gasteiger partial charge on any atom is -0.312 e. The number of thiophene rings is 1. The quantitative estimate of drug-likeness (QED) is 0.794. The Kier molecular flexibility index (Phi) is 6.19. The number of sulfonamides is 1. The molecule has 21 heavy (non-hydrogen) atoms. The number of nitrogens with one attached hydrogen (secondary N) is 2. The van der Waals surface area contributed by atoms with Crippen LogP contribution in [0.5, 0.6) is 0 Å². The van der Waals surface area contributed by atoms with Crippen LogP contribution < -0.4 is 10.0 Å². The van der Waals surface area contributed by atoms with E-state index in [1.54, 1.807) is 6.07 Å². The second kappa shape index (κ2) is 7.69. The summed E-state index contributed by atoms with van der Waals surface area (Å²) < 4.78 is 27.7. The van der Waals surface area contributed by atoms with Crippen molar-refractivity contribution in [2.45, 2.75) is 31.2 Å². The molecule has 1 saturated heterocycles. The number of piperidine rings is 1. The minimum absolute atomic E-state index is 0.432. The number of nitrogens with zero attached hydrogens (tertiary/aromatic N) is 1. The van der Waals surface area contributed by atoms with Gasteiger partial charge in [0.2, 0.25) is 10.0 Å². The molecule has 0 aromatic carbocycles. The fraction of sp³-hybridized carbons (Fsp3) is 0.714. The van der Waals surface area contributed by atoms with Crippen LogP contribution in [0.3, 0.4) is 0 Å². The van der Waals surface area contributed by atoms with Gasteiger partial charge in [0, 0.05) is 18.0 Å². The van der Waals surface area contributed by atoms with Gasteiger partial charge in [-0.3, -0.25) is 0 Å². The van der Waals surface area contributed by atoms with E-state index in [1.165, 1.54) is 11.3 Å². The molecule has 7 heteroatoms. The lowest BCUT2D eigenvalue weighted by Gasteiger charge is -2.28. The van der Waals surface area contributed by atoms with Gasteiger partial charge in [0.05, 0.1) is 4.90 Å². The van der Waals surface area contributed by atoms with Crippen molar-refractivity contribution in [2.24, 2.45) is 5.92 Å². The van der Waals surface area contributed by atoms with E-state index in [4.69, 9.17) is 0 Å². The SMILES string of the molecule is CCNCc1sccc1S(=O)(=O)NCC1CCN(C)CC1. The summed E-state index contributed by atoms with van der Waals surface area (Å²) in [5, 5.41) is 5.03. The van der Waals surface area contributed by atoms with Crippen LogP contribution in [-0.2, 0) is 16.6 Å². The summed E-state index contributed by atoms with van der Waals surface area (Å²) in [6.07, 6.45) is 2.12. The Morgan fingerprint density at radius 2 is 2.10 bits per heavy atom. The molecule has 1 aliphatic heterocycles. The zero-order chi connectivity index (χ0) is 15.3. The molecule has 2 heterocycles. The van der Waals surface area contributed by atoms with Gasteiger partial charge in [-0.25, -0.2) is 13.1 Å². The van der Waals surface area contributed by atoms with Crippen molar-refractivity contribution in [3.8, 4) is 0 Å². The Balaban J connectivity index is 1.94. The molecule has 120 valence electrons. The second-order valence-corrected chi connectivity index (χ2v) is 8.32. The molecule has 2 N–H and O–H groups in total. The first kappa shape index (κ1) is 16.9. The maximum Gasteiger partial charge on any atom is 0.241 e. The Hall–Kier alpha value is -0.470. The highest BCUT2D eigenvalue weighted by Crippen LogP contribution is 2.22. The zero-order valence-corrected chi connectivity index (χ0v) is 14.4. The number of hydrogen-bond donors (Lipinski definition) is 2. The molecule has 1 aromatic heterocycles. The van der Waals surface area contributed by atoms with Crippen molar-refractivity contribution < 1.29 is 8.42 Å². The molecule has 0 bridgehead atoms. The lowest BCUT2D eigenvalue weighted by Crippen LogP contribution is -2.37. The van der Waals surface area contributed by atoms with Gasteiger partial charge < -0.3 is 10.2 Å². The average molecular weight is 332 g/mol. The molecular weight excluding hydrogens is 306 g/mol. The Morgan fingerprint density at radius 1 is 1.38 bits per heavy atom. The van der Waals surface area contributed by atoms with E-state index in [0.29, 0.717) is 23.9 Å². The lowest BCUT2D eigenvalue weighted by atomic mass is 9.98. The monoisotopic (exact) mass is 331 g/mol. The number of rotatable bonds is 7. The van der Waals surface area contributed by atoms with E-state index in [0.717, 1.165) is 37.4 Å². The first-order valence-electron chi connectivity index (χ1n) is 7.48. The molecule has 0 atom stereocenters. The van der Waals surface area contributed by atoms with Crippen LogP contribution in [0.15, 0.2) is 16.3 Å². The van der Waals surface area contributed by atoms with Crippen LogP contribution in [0.2, 0.25) is 0 Å². The van der Waals surface area contributed by atoms with Crippen LogP contribution in [0.4, 0.5) is 0 Å². The van der Waals surface area contributed by atoms with Crippen molar-refractivity contribution >= 4 is 21.4 Å². The fourth-order valence-electron chi connectivity index (χ4n) is 2.51. The summed E-state index contributed by atoms with van der Waals surface area (Å²) in [4.78, 5) is 3.60. The van der Waals surface area contributed by atoms with E-state index in [2.05, 4.69) is 22.0 Å². The molecular formula is C14H25N3O2S2. The predicted molar refractivity (Wildman–Crippen MR) is 87.1 cm³/mol. The van der Waals surface area contributed by atoms with Gasteiger partial charge in [-0.2, -0.15) is 0 Å². The highest BCUT2D eigenvalue weighted by Gasteiger charge is 2.22. The molecule has 0 unspecified atom stereocenters. The Bertz CT molecular complexity index is 534. The van der Waals surface area contributed by atoms with Crippen LogP contribution in [0.1, 0.15) is 24.6 Å². The van der Waals surface area contributed by atoms with Gasteiger partial charge in [-0.15, -0.1) is 11.3 Å². The van der Waals surface area contributed by atoms with Crippen LogP contribution in [0, 0.1) is 5.92 Å². The molecule has 1 aliphatic rings. The molecule has 2 rings (SSSR count). The third-order valence-corrected chi connectivity index (χ3v) is 6.49. The van der Waals surface area contributed by atoms with E-state index < -0.39 is 10.0 Å². The zero-order valence-electron chi connectivity index (χ0n) is 12.8. The maximum absolute atomic E-state index is 12.4. The molecule has 0 amide bonds. The molecule has 0 radical (unpaired) electrons. The van der Waals surface area contributed by atoms with Crippen molar-refractivity contribution in [1.29, 1.82) is 0 Å². The summed E-state index contributed by atoms with van der Waals surface area (Å²) in [6, 6.07) is 1.70. The van der Waals surface area contributed by atoms with E-state index in [-0.39, 0.29) is 0 Å². The smallest absolute Gasteiger partial charge is 0.241 e. The highest BCUT2D eigenvalue weighted by atomic mass is 32.2. The van der Waals surface area contributed by atoms with Gasteiger partial charge in [0.25, 0.3) is 0 Å². The van der Waals surface area contributed by atoms with E-state index >= 15 is 0 Å². The van der Waals surface area contributed by atoms with Crippen molar-refractivity contribution in [3.63, 3.8) is 0 Å². The third-order valence-electron chi connectivity index (χ3n) is 3.93. The second-order valence-electron chi connectivity index (χ2n) is 5.59. The third kappa shape index (κ3) is 4.75. The molecule has 1 fully saturated rings. The Labute approximate surface area is 131 Å². The summed E-state index contributed by atoms with van der Waals surface area (Å²) in [6.45, 7) is 6.11. The first-order chi connectivity index (χ1) is 10.0. The van der Waals surface area contributed by atoms with Gasteiger partial charge in [-0.05, 0) is 56.9 Å². The standard InChI is InChI=1S/C14H25N3O2S2/c1-3-15-11-13-14(6-9-20-13)21(18,19)16-10-12-4-7-17(2)8-5-12/h6,9,12,15-16H,3-5,7-8,10-11H2,1-2H3. The predicted octanol–water partition coefficient (Wildman–Crippen LogP) is 1.48. The van der Waals surface area contributed by atoms with Crippen molar-refractivity contribution in [3.05, 3.63) is 16.3 Å². The topological polar surface area (TPSA) is 61.4 Å². The molecule has 5 nitrogen and oxygen atoms in total. The molecule has 0 spiro atoms. The highest BCUT2D eigenvalue weighted by molar-refractivity contribution is 7.89. The van der Waals surface area contributed by atoms with Gasteiger partial charge in [0.15, 0.2) is 0 Å². The first-order valence-corrected chi connectivity index (χ1v) is 9.84. The van der Waals surface area contributed by atoms with E-state index in [1.807, 2.05) is 12.3 Å². The van der Waals surface area contributed by atoms with Crippen LogP contribution >= 0.6 is 11.3 Å². The minimum atomic E-state index is -3.38. The Morgan fingerprint density at radius 3 is 2.76 bits per heavy atom. The normalized spacial score (nSPS) is 18.2. The largest absolute Gasteiger partial charge is 0.312 e. The number of hydrogen-bond acceptors (Lipinski definition) is 5. The maximum atomic E-state index is 12.4. The summed E-state index contributed by atoms with van der Waals surface area (Å²) >= 11 is 1.49. The lowest BCUT2D eigenvalue weighted by molar-refractivity contribution is 0.220. The van der Waals surface area contributed by atoms with E-state index in [9.17, 15) is 8.42 Å². The summed E-state index contributed by atoms with van der Waals surface area (Å²) in [5.41, 5.74) is 0. The van der Waals surface area contributed by atoms with Crippen molar-refractivity contribution in [2.75, 3.05) is 33.2 Å². The van der Waals surface area contributed by atoms with Crippen LogP contribution in [-0.4, -0.2) is 46.5 Å².